The molecule has 1 rings (SSSR count). The van der Waals surface area contributed by atoms with Crippen molar-refractivity contribution in [2.75, 3.05) is 0 Å². The van der Waals surface area contributed by atoms with Crippen LogP contribution in [0.15, 0.2) is 48.6 Å². The van der Waals surface area contributed by atoms with Crippen molar-refractivity contribution in [2.24, 2.45) is 0 Å². The summed E-state index contributed by atoms with van der Waals surface area (Å²) in [4.78, 5) is 0. The molecule has 1 aromatic rings. The summed E-state index contributed by atoms with van der Waals surface area (Å²) >= 11 is 0. The number of rotatable bonds is 2. The van der Waals surface area contributed by atoms with Crippen molar-refractivity contribution < 1.29 is 0 Å². The van der Waals surface area contributed by atoms with Crippen LogP contribution < -0.4 is 0 Å². The summed E-state index contributed by atoms with van der Waals surface area (Å²) in [5.74, 6) is 0. The zero-order chi connectivity index (χ0) is 10.8. The molecule has 0 aliphatic heterocycles. The van der Waals surface area contributed by atoms with Gasteiger partial charge >= 0.3 is 0 Å². The van der Waals surface area contributed by atoms with Gasteiger partial charge in [-0.2, -0.15) is 0 Å². The van der Waals surface area contributed by atoms with Gasteiger partial charge in [0.2, 0.25) is 0 Å². The molecule has 0 aliphatic carbocycles. The predicted octanol–water partition coefficient (Wildman–Crippen LogP) is 4.69. The van der Waals surface area contributed by atoms with Crippen LogP contribution in [0, 0.1) is 0 Å². The van der Waals surface area contributed by atoms with E-state index in [2.05, 4.69) is 49.4 Å². The lowest BCUT2D eigenvalue weighted by Gasteiger charge is -1.99. The number of benzene rings is 1. The number of hydrogen-bond donors (Lipinski definition) is 0. The van der Waals surface area contributed by atoms with E-state index in [-0.39, 0.29) is 0 Å². The molecule has 0 saturated heterocycles. The Balaban J connectivity index is 0.000000791. The van der Waals surface area contributed by atoms with E-state index in [1.54, 1.807) is 0 Å². The summed E-state index contributed by atoms with van der Waals surface area (Å²) in [6.45, 7) is 8.09. The molecule has 0 N–H and O–H groups in total. The lowest BCUT2D eigenvalue weighted by atomic mass is 10.1. The third kappa shape index (κ3) is 4.08. The summed E-state index contributed by atoms with van der Waals surface area (Å²) in [5, 5.41) is 0. The fourth-order valence-corrected chi connectivity index (χ4v) is 1.17. The van der Waals surface area contributed by atoms with Gasteiger partial charge in [-0.1, -0.05) is 62.4 Å². The second kappa shape index (κ2) is 8.31. The molecule has 0 spiro atoms. The maximum Gasteiger partial charge on any atom is -0.0187 e. The molecular weight excluding hydrogens is 168 g/mol. The highest BCUT2D eigenvalue weighted by molar-refractivity contribution is 5.73. The smallest absolute Gasteiger partial charge is 0.0187 e. The molecule has 0 atom stereocenters. The predicted molar refractivity (Wildman–Crippen MR) is 66.3 cm³/mol. The first-order valence-corrected chi connectivity index (χ1v) is 5.23. The summed E-state index contributed by atoms with van der Waals surface area (Å²) in [6, 6.07) is 10.4. The lowest BCUT2D eigenvalue weighted by Crippen LogP contribution is -1.77. The first-order valence-electron chi connectivity index (χ1n) is 5.23. The minimum atomic E-state index is 1.28. The third-order valence-corrected chi connectivity index (χ3v) is 1.76. The Morgan fingerprint density at radius 1 is 1.00 bits per heavy atom. The molecule has 14 heavy (non-hydrogen) atoms. The second-order valence-electron chi connectivity index (χ2n) is 2.61. The maximum atomic E-state index is 2.12. The Labute approximate surface area is 88.0 Å². The highest BCUT2D eigenvalue weighted by Gasteiger charge is 1.92. The fraction of sp³-hybridized carbons (Fsp3) is 0.286. The van der Waals surface area contributed by atoms with Crippen LogP contribution in [0.25, 0.3) is 5.57 Å². The normalized spacial score (nSPS) is 11.0. The van der Waals surface area contributed by atoms with E-state index in [0.717, 1.165) is 0 Å². The van der Waals surface area contributed by atoms with Crippen molar-refractivity contribution in [1.29, 1.82) is 0 Å². The van der Waals surface area contributed by atoms with Crippen LogP contribution in [0.4, 0.5) is 0 Å². The van der Waals surface area contributed by atoms with Crippen LogP contribution in [-0.2, 0) is 0 Å². The zero-order valence-electron chi connectivity index (χ0n) is 9.62. The maximum absolute atomic E-state index is 2.12. The average Bonchev–Trinajstić information content (AvgIpc) is 2.30. The average molecular weight is 188 g/mol. The Kier molecular flexibility index (Phi) is 7.53. The van der Waals surface area contributed by atoms with Gasteiger partial charge in [0.1, 0.15) is 0 Å². The molecule has 1 aromatic carbocycles. The van der Waals surface area contributed by atoms with E-state index in [1.165, 1.54) is 11.1 Å². The topological polar surface area (TPSA) is 0 Å². The van der Waals surface area contributed by atoms with Crippen LogP contribution >= 0.6 is 0 Å². The first kappa shape index (κ1) is 12.7. The van der Waals surface area contributed by atoms with Gasteiger partial charge in [-0.25, -0.2) is 0 Å². The quantitative estimate of drug-likeness (QED) is 0.590. The lowest BCUT2D eigenvalue weighted by molar-refractivity contribution is 1.50. The zero-order valence-corrected chi connectivity index (χ0v) is 9.62. The van der Waals surface area contributed by atoms with Gasteiger partial charge in [0.05, 0.1) is 0 Å². The molecule has 76 valence electrons. The van der Waals surface area contributed by atoms with E-state index in [0.29, 0.717) is 0 Å². The summed E-state index contributed by atoms with van der Waals surface area (Å²) in [6.07, 6.45) is 6.30. The van der Waals surface area contributed by atoms with Crippen molar-refractivity contribution in [3.8, 4) is 0 Å². The highest BCUT2D eigenvalue weighted by Crippen LogP contribution is 2.14. The van der Waals surface area contributed by atoms with Crippen molar-refractivity contribution in [2.45, 2.75) is 27.7 Å². The van der Waals surface area contributed by atoms with Gasteiger partial charge in [-0.3, -0.25) is 0 Å². The Hall–Kier alpha value is -1.30. The molecular formula is C14H20. The first-order chi connectivity index (χ1) is 6.88. The molecule has 0 aliphatic rings. The SMILES string of the molecule is C/C=C\C(=C/C)c1ccccc1.CC. The van der Waals surface area contributed by atoms with Gasteiger partial charge in [0, 0.05) is 0 Å². The van der Waals surface area contributed by atoms with Crippen LogP contribution in [0.2, 0.25) is 0 Å². The molecule has 0 unspecified atom stereocenters. The van der Waals surface area contributed by atoms with Gasteiger partial charge < -0.3 is 0 Å². The molecule has 0 saturated carbocycles. The number of hydrogen-bond acceptors (Lipinski definition) is 0. The van der Waals surface area contributed by atoms with E-state index in [9.17, 15) is 0 Å². The minimum Gasteiger partial charge on any atom is -0.0871 e. The molecule has 0 radical (unpaired) electrons. The third-order valence-electron chi connectivity index (χ3n) is 1.76. The van der Waals surface area contributed by atoms with Crippen molar-refractivity contribution in [3.05, 3.63) is 54.1 Å². The summed E-state index contributed by atoms with van der Waals surface area (Å²) in [5.41, 5.74) is 2.55. The van der Waals surface area contributed by atoms with Gasteiger partial charge in [0.15, 0.2) is 0 Å². The van der Waals surface area contributed by atoms with E-state index >= 15 is 0 Å². The minimum absolute atomic E-state index is 1.28. The largest absolute Gasteiger partial charge is 0.0871 e. The van der Waals surface area contributed by atoms with Crippen molar-refractivity contribution in [3.63, 3.8) is 0 Å². The van der Waals surface area contributed by atoms with E-state index < -0.39 is 0 Å². The Bertz CT molecular complexity index is 278. The van der Waals surface area contributed by atoms with E-state index in [4.69, 9.17) is 0 Å². The molecule has 0 fully saturated rings. The second-order valence-corrected chi connectivity index (χ2v) is 2.61. The van der Waals surface area contributed by atoms with Crippen molar-refractivity contribution in [1.82, 2.24) is 0 Å². The standard InChI is InChI=1S/C12H14.C2H6/c1-3-8-11(4-2)12-9-6-5-7-10-12;1-2/h3-10H,1-2H3;1-2H3/b8-3-,11-4+;. The molecule has 0 nitrogen and oxygen atoms in total. The Morgan fingerprint density at radius 3 is 2.00 bits per heavy atom. The van der Waals surface area contributed by atoms with Gasteiger partial charge in [-0.15, -0.1) is 0 Å². The molecule has 0 aromatic heterocycles. The van der Waals surface area contributed by atoms with Crippen LogP contribution in [0.1, 0.15) is 33.3 Å². The molecule has 0 bridgehead atoms. The molecule has 0 heterocycles. The van der Waals surface area contributed by atoms with Crippen molar-refractivity contribution >= 4 is 5.57 Å². The van der Waals surface area contributed by atoms with Gasteiger partial charge in [0.25, 0.3) is 0 Å². The molecule has 0 heteroatoms. The van der Waals surface area contributed by atoms with Crippen LogP contribution in [-0.4, -0.2) is 0 Å². The monoisotopic (exact) mass is 188 g/mol. The highest BCUT2D eigenvalue weighted by atomic mass is 14.0. The molecule has 0 amide bonds. The van der Waals surface area contributed by atoms with E-state index in [1.807, 2.05) is 26.8 Å². The summed E-state index contributed by atoms with van der Waals surface area (Å²) < 4.78 is 0. The Morgan fingerprint density at radius 2 is 1.57 bits per heavy atom. The van der Waals surface area contributed by atoms with Crippen LogP contribution in [0.5, 0.6) is 0 Å². The number of allylic oxidation sites excluding steroid dienone is 4. The van der Waals surface area contributed by atoms with Gasteiger partial charge in [-0.05, 0) is 25.0 Å². The summed E-state index contributed by atoms with van der Waals surface area (Å²) in [7, 11) is 0. The fourth-order valence-electron chi connectivity index (χ4n) is 1.17. The van der Waals surface area contributed by atoms with Crippen LogP contribution in [0.3, 0.4) is 0 Å².